The van der Waals surface area contributed by atoms with E-state index in [1.165, 1.54) is 17.2 Å². The standard InChI is InChI=1S/C23H23N3O4S/c1-13-10-21(27)30-20-12-17(7-9-19(13)20)24-23(31)26-25-22(28)14(2)29-18-8-6-15-4-3-5-16(15)11-18/h6-12,14H,3-5H2,1-2H3,(H,25,28)(H2,24,26,31). The van der Waals surface area contributed by atoms with Gasteiger partial charge in [-0.2, -0.15) is 0 Å². The van der Waals surface area contributed by atoms with Crippen molar-refractivity contribution in [3.63, 3.8) is 0 Å². The monoisotopic (exact) mass is 437 g/mol. The fraction of sp³-hybridized carbons (Fsp3) is 0.261. The van der Waals surface area contributed by atoms with E-state index in [1.54, 1.807) is 13.0 Å². The van der Waals surface area contributed by atoms with Crippen LogP contribution in [0.25, 0.3) is 11.0 Å². The quantitative estimate of drug-likeness (QED) is 0.327. The van der Waals surface area contributed by atoms with Crippen molar-refractivity contribution in [3.05, 3.63) is 69.6 Å². The summed E-state index contributed by atoms with van der Waals surface area (Å²) in [5, 5.41) is 3.98. The van der Waals surface area contributed by atoms with E-state index < -0.39 is 11.7 Å². The van der Waals surface area contributed by atoms with E-state index in [1.807, 2.05) is 31.2 Å². The van der Waals surface area contributed by atoms with Crippen molar-refractivity contribution in [1.29, 1.82) is 0 Å². The first-order valence-electron chi connectivity index (χ1n) is 10.1. The molecule has 1 amide bonds. The molecule has 4 rings (SSSR count). The minimum absolute atomic E-state index is 0.187. The predicted molar refractivity (Wildman–Crippen MR) is 123 cm³/mol. The number of ether oxygens (including phenoxy) is 1. The van der Waals surface area contributed by atoms with Gasteiger partial charge < -0.3 is 14.5 Å². The highest BCUT2D eigenvalue weighted by Crippen LogP contribution is 2.26. The highest BCUT2D eigenvalue weighted by Gasteiger charge is 2.17. The molecule has 1 aromatic heterocycles. The number of hydrazine groups is 1. The molecule has 31 heavy (non-hydrogen) atoms. The van der Waals surface area contributed by atoms with Gasteiger partial charge in [0.2, 0.25) is 0 Å². The molecule has 8 heteroatoms. The molecule has 0 bridgehead atoms. The molecule has 1 unspecified atom stereocenters. The number of anilines is 1. The number of hydrogen-bond donors (Lipinski definition) is 3. The molecular formula is C23H23N3O4S. The van der Waals surface area contributed by atoms with E-state index in [2.05, 4.69) is 22.2 Å². The lowest BCUT2D eigenvalue weighted by atomic mass is 10.1. The van der Waals surface area contributed by atoms with Gasteiger partial charge in [-0.15, -0.1) is 0 Å². The Labute approximate surface area is 184 Å². The Bertz CT molecular complexity index is 1220. The lowest BCUT2D eigenvalue weighted by Crippen LogP contribution is -2.48. The third kappa shape index (κ3) is 4.86. The summed E-state index contributed by atoms with van der Waals surface area (Å²) in [6, 6.07) is 12.7. The van der Waals surface area contributed by atoms with Crippen LogP contribution in [0, 0.1) is 6.92 Å². The molecule has 2 aromatic carbocycles. The summed E-state index contributed by atoms with van der Waals surface area (Å²) in [5.74, 6) is 0.321. The fourth-order valence-electron chi connectivity index (χ4n) is 3.66. The topological polar surface area (TPSA) is 92.6 Å². The van der Waals surface area contributed by atoms with E-state index in [0.717, 1.165) is 30.2 Å². The number of carbonyl (C=O) groups is 1. The van der Waals surface area contributed by atoms with Gasteiger partial charge in [-0.05, 0) is 86.3 Å². The first-order chi connectivity index (χ1) is 14.9. The van der Waals surface area contributed by atoms with Gasteiger partial charge in [0.05, 0.1) is 0 Å². The zero-order valence-electron chi connectivity index (χ0n) is 17.3. The van der Waals surface area contributed by atoms with Crippen LogP contribution in [0.3, 0.4) is 0 Å². The normalized spacial score (nSPS) is 13.4. The molecule has 160 valence electrons. The molecule has 0 saturated carbocycles. The lowest BCUT2D eigenvalue weighted by molar-refractivity contribution is -0.127. The predicted octanol–water partition coefficient (Wildman–Crippen LogP) is 3.38. The third-order valence-electron chi connectivity index (χ3n) is 5.26. The van der Waals surface area contributed by atoms with Crippen LogP contribution in [-0.4, -0.2) is 17.1 Å². The Morgan fingerprint density at radius 1 is 1.10 bits per heavy atom. The molecule has 0 spiro atoms. The number of aryl methyl sites for hydroxylation is 3. The van der Waals surface area contributed by atoms with Crippen LogP contribution in [0.2, 0.25) is 0 Å². The highest BCUT2D eigenvalue weighted by molar-refractivity contribution is 7.80. The lowest BCUT2D eigenvalue weighted by Gasteiger charge is -2.17. The van der Waals surface area contributed by atoms with Crippen LogP contribution in [0.15, 0.2) is 51.7 Å². The van der Waals surface area contributed by atoms with E-state index in [4.69, 9.17) is 21.4 Å². The average molecular weight is 438 g/mol. The van der Waals surface area contributed by atoms with Crippen LogP contribution >= 0.6 is 12.2 Å². The molecule has 0 fully saturated rings. The minimum Gasteiger partial charge on any atom is -0.481 e. The molecule has 0 aliphatic heterocycles. The van der Waals surface area contributed by atoms with E-state index in [9.17, 15) is 9.59 Å². The number of rotatable bonds is 4. The summed E-state index contributed by atoms with van der Waals surface area (Å²) in [4.78, 5) is 23.9. The first kappa shape index (κ1) is 20.9. The molecule has 1 atom stereocenters. The molecule has 1 aliphatic rings. The zero-order chi connectivity index (χ0) is 22.0. The van der Waals surface area contributed by atoms with Crippen LogP contribution in [0.5, 0.6) is 5.75 Å². The number of benzene rings is 2. The van der Waals surface area contributed by atoms with Gasteiger partial charge >= 0.3 is 5.63 Å². The number of carbonyl (C=O) groups excluding carboxylic acids is 1. The molecule has 0 saturated heterocycles. The molecular weight excluding hydrogens is 414 g/mol. The Kier molecular flexibility index (Phi) is 5.90. The smallest absolute Gasteiger partial charge is 0.336 e. The maximum absolute atomic E-state index is 12.4. The van der Waals surface area contributed by atoms with Crippen molar-refractivity contribution in [2.45, 2.75) is 39.2 Å². The number of thiocarbonyl (C=S) groups is 1. The van der Waals surface area contributed by atoms with Gasteiger partial charge in [-0.1, -0.05) is 6.07 Å². The summed E-state index contributed by atoms with van der Waals surface area (Å²) in [7, 11) is 0. The summed E-state index contributed by atoms with van der Waals surface area (Å²) < 4.78 is 11.0. The first-order valence-corrected chi connectivity index (χ1v) is 10.5. The van der Waals surface area contributed by atoms with E-state index >= 15 is 0 Å². The van der Waals surface area contributed by atoms with Gasteiger partial charge in [0.1, 0.15) is 11.3 Å². The molecule has 1 heterocycles. The van der Waals surface area contributed by atoms with Crippen molar-refractivity contribution >= 4 is 39.9 Å². The largest absolute Gasteiger partial charge is 0.481 e. The van der Waals surface area contributed by atoms with Crippen molar-refractivity contribution in [2.75, 3.05) is 5.32 Å². The van der Waals surface area contributed by atoms with Crippen LogP contribution in [0.1, 0.15) is 30.0 Å². The summed E-state index contributed by atoms with van der Waals surface area (Å²) in [6.07, 6.45) is 2.61. The highest BCUT2D eigenvalue weighted by atomic mass is 32.1. The maximum atomic E-state index is 12.4. The van der Waals surface area contributed by atoms with Crippen LogP contribution in [-0.2, 0) is 17.6 Å². The maximum Gasteiger partial charge on any atom is 0.336 e. The molecule has 0 radical (unpaired) electrons. The fourth-order valence-corrected chi connectivity index (χ4v) is 3.83. The Hall–Kier alpha value is -3.39. The van der Waals surface area contributed by atoms with Crippen LogP contribution < -0.4 is 26.5 Å². The third-order valence-corrected chi connectivity index (χ3v) is 5.46. The van der Waals surface area contributed by atoms with Gasteiger partial charge in [-0.25, -0.2) is 4.79 Å². The average Bonchev–Trinajstić information content (AvgIpc) is 3.19. The summed E-state index contributed by atoms with van der Waals surface area (Å²) in [6.45, 7) is 3.52. The number of nitrogens with one attached hydrogen (secondary N) is 3. The van der Waals surface area contributed by atoms with Gasteiger partial charge in [0.25, 0.3) is 5.91 Å². The Morgan fingerprint density at radius 2 is 1.90 bits per heavy atom. The van der Waals surface area contributed by atoms with Gasteiger partial charge in [0, 0.05) is 23.2 Å². The van der Waals surface area contributed by atoms with Crippen molar-refractivity contribution in [2.24, 2.45) is 0 Å². The zero-order valence-corrected chi connectivity index (χ0v) is 18.1. The Morgan fingerprint density at radius 3 is 2.74 bits per heavy atom. The second kappa shape index (κ2) is 8.77. The minimum atomic E-state index is -0.701. The van der Waals surface area contributed by atoms with Crippen molar-refractivity contribution in [1.82, 2.24) is 10.9 Å². The van der Waals surface area contributed by atoms with Crippen molar-refractivity contribution < 1.29 is 13.9 Å². The van der Waals surface area contributed by atoms with Gasteiger partial charge in [-0.3, -0.25) is 15.6 Å². The molecule has 7 nitrogen and oxygen atoms in total. The molecule has 1 aliphatic carbocycles. The summed E-state index contributed by atoms with van der Waals surface area (Å²) in [5.41, 5.74) is 9.34. The summed E-state index contributed by atoms with van der Waals surface area (Å²) >= 11 is 5.23. The second-order valence-electron chi connectivity index (χ2n) is 7.57. The Balaban J connectivity index is 1.31. The SMILES string of the molecule is Cc1cc(=O)oc2cc(NC(=S)NNC(=O)C(C)Oc3ccc4c(c3)CCC4)ccc12. The number of hydrogen-bond acceptors (Lipinski definition) is 5. The second-order valence-corrected chi connectivity index (χ2v) is 7.98. The molecule has 3 aromatic rings. The van der Waals surface area contributed by atoms with E-state index in [0.29, 0.717) is 17.0 Å². The van der Waals surface area contributed by atoms with E-state index in [-0.39, 0.29) is 11.0 Å². The van der Waals surface area contributed by atoms with Crippen molar-refractivity contribution in [3.8, 4) is 5.75 Å². The number of amides is 1. The van der Waals surface area contributed by atoms with Gasteiger partial charge in [0.15, 0.2) is 11.2 Å². The number of fused-ring (bicyclic) bond motifs is 2. The molecule has 3 N–H and O–H groups in total. The van der Waals surface area contributed by atoms with Crippen LogP contribution in [0.4, 0.5) is 5.69 Å².